The maximum atomic E-state index is 3.70. The summed E-state index contributed by atoms with van der Waals surface area (Å²) in [6.45, 7) is 13.2. The van der Waals surface area contributed by atoms with Gasteiger partial charge in [0.2, 0.25) is 0 Å². The van der Waals surface area contributed by atoms with Gasteiger partial charge in [-0.15, -0.1) is 5.73 Å². The lowest BCUT2D eigenvalue weighted by molar-refractivity contribution is 0.131. The molecule has 0 radical (unpaired) electrons. The normalized spacial score (nSPS) is 38.1. The Bertz CT molecular complexity index is 208. The van der Waals surface area contributed by atoms with Crippen molar-refractivity contribution in [2.45, 2.75) is 40.5 Å². The lowest BCUT2D eigenvalue weighted by atomic mass is 9.66. The molecule has 0 heteroatoms. The van der Waals surface area contributed by atoms with Crippen LogP contribution in [0.15, 0.2) is 18.4 Å². The molecule has 0 aromatic heterocycles. The van der Waals surface area contributed by atoms with Crippen molar-refractivity contribution in [2.24, 2.45) is 29.6 Å². The first kappa shape index (κ1) is 11.6. The number of hydrogen-bond donors (Lipinski definition) is 0. The van der Waals surface area contributed by atoms with Gasteiger partial charge in [-0.05, 0) is 48.5 Å². The zero-order valence-corrected chi connectivity index (χ0v) is 10.1. The Labute approximate surface area is 89.1 Å². The van der Waals surface area contributed by atoms with Gasteiger partial charge in [-0.3, -0.25) is 0 Å². The molecule has 0 N–H and O–H groups in total. The number of hydrogen-bond acceptors (Lipinski definition) is 0. The monoisotopic (exact) mass is 192 g/mol. The van der Waals surface area contributed by atoms with Crippen LogP contribution < -0.4 is 0 Å². The fourth-order valence-corrected chi connectivity index (χ4v) is 2.94. The molecule has 1 fully saturated rings. The third-order valence-electron chi connectivity index (χ3n) is 3.92. The van der Waals surface area contributed by atoms with Crippen LogP contribution in [0.25, 0.3) is 0 Å². The van der Waals surface area contributed by atoms with Gasteiger partial charge in [0.05, 0.1) is 0 Å². The third kappa shape index (κ3) is 2.51. The first-order chi connectivity index (χ1) is 6.56. The predicted molar refractivity (Wildman–Crippen MR) is 63.1 cm³/mol. The maximum absolute atomic E-state index is 3.70. The molecule has 1 saturated carbocycles. The van der Waals surface area contributed by atoms with Crippen LogP contribution in [0.3, 0.4) is 0 Å². The van der Waals surface area contributed by atoms with Crippen molar-refractivity contribution in [2.75, 3.05) is 0 Å². The molecule has 14 heavy (non-hydrogen) atoms. The first-order valence-electron chi connectivity index (χ1n) is 5.92. The quantitative estimate of drug-likeness (QED) is 0.573. The van der Waals surface area contributed by atoms with Crippen LogP contribution in [0, 0.1) is 29.6 Å². The molecule has 0 saturated heterocycles. The predicted octanol–water partition coefficient (Wildman–Crippen LogP) is 4.28. The fraction of sp³-hybridized carbons (Fsp3) is 0.786. The summed E-state index contributed by atoms with van der Waals surface area (Å²) in [7, 11) is 0. The molecule has 0 bridgehead atoms. The van der Waals surface area contributed by atoms with Crippen molar-refractivity contribution >= 4 is 0 Å². The summed E-state index contributed by atoms with van der Waals surface area (Å²) in [5.74, 6) is 4.09. The van der Waals surface area contributed by atoms with Gasteiger partial charge in [0.15, 0.2) is 0 Å². The Morgan fingerprint density at radius 2 is 1.71 bits per heavy atom. The van der Waals surface area contributed by atoms with Gasteiger partial charge >= 0.3 is 0 Å². The van der Waals surface area contributed by atoms with E-state index in [1.165, 1.54) is 12.8 Å². The van der Waals surface area contributed by atoms with Crippen molar-refractivity contribution in [3.05, 3.63) is 18.4 Å². The molecule has 1 aliphatic rings. The maximum Gasteiger partial charge on any atom is -0.0106 e. The largest absolute Gasteiger partial charge is 0.133 e. The van der Waals surface area contributed by atoms with E-state index in [-0.39, 0.29) is 0 Å². The Morgan fingerprint density at radius 3 is 2.07 bits per heavy atom. The van der Waals surface area contributed by atoms with Gasteiger partial charge < -0.3 is 0 Å². The van der Waals surface area contributed by atoms with Crippen molar-refractivity contribution in [1.82, 2.24) is 0 Å². The second-order valence-electron chi connectivity index (χ2n) is 5.38. The van der Waals surface area contributed by atoms with Crippen molar-refractivity contribution in [1.29, 1.82) is 0 Å². The molecule has 0 nitrogen and oxygen atoms in total. The zero-order valence-electron chi connectivity index (χ0n) is 10.1. The fourth-order valence-electron chi connectivity index (χ4n) is 2.94. The lowest BCUT2D eigenvalue weighted by Gasteiger charge is -2.39. The van der Waals surface area contributed by atoms with E-state index in [0.717, 1.165) is 23.7 Å². The standard InChI is InChI=1S/C14H24/c1-6-7-14-11(4)8-13(10(2)3)9-12(14)5/h7,10-14H,1,8-9H2,2-5H3. The van der Waals surface area contributed by atoms with Gasteiger partial charge in [-0.1, -0.05) is 34.3 Å². The second-order valence-corrected chi connectivity index (χ2v) is 5.38. The van der Waals surface area contributed by atoms with Crippen molar-refractivity contribution in [3.63, 3.8) is 0 Å². The molecule has 2 unspecified atom stereocenters. The average molecular weight is 192 g/mol. The SMILES string of the molecule is C=C=CC1C(C)CC(C(C)C)CC1C. The van der Waals surface area contributed by atoms with Crippen LogP contribution in [-0.4, -0.2) is 0 Å². The van der Waals surface area contributed by atoms with E-state index in [1.807, 2.05) is 0 Å². The Kier molecular flexibility index (Phi) is 4.01. The second kappa shape index (κ2) is 4.84. The van der Waals surface area contributed by atoms with E-state index in [9.17, 15) is 0 Å². The molecule has 1 aliphatic carbocycles. The number of rotatable bonds is 2. The molecule has 0 aliphatic heterocycles. The molecule has 0 heterocycles. The lowest BCUT2D eigenvalue weighted by Crippen LogP contribution is -2.30. The van der Waals surface area contributed by atoms with Gasteiger partial charge in [0, 0.05) is 0 Å². The van der Waals surface area contributed by atoms with Crippen molar-refractivity contribution in [3.8, 4) is 0 Å². The summed E-state index contributed by atoms with van der Waals surface area (Å²) in [4.78, 5) is 0. The van der Waals surface area contributed by atoms with Crippen LogP contribution in [0.5, 0.6) is 0 Å². The van der Waals surface area contributed by atoms with E-state index >= 15 is 0 Å². The Hall–Kier alpha value is -0.480. The molecule has 0 aromatic rings. The first-order valence-corrected chi connectivity index (χ1v) is 5.92. The van der Waals surface area contributed by atoms with E-state index in [2.05, 4.69) is 46.1 Å². The van der Waals surface area contributed by atoms with E-state index in [4.69, 9.17) is 0 Å². The Balaban J connectivity index is 2.67. The third-order valence-corrected chi connectivity index (χ3v) is 3.92. The highest BCUT2D eigenvalue weighted by molar-refractivity contribution is 4.94. The van der Waals surface area contributed by atoms with E-state index in [1.54, 1.807) is 0 Å². The minimum absolute atomic E-state index is 0.711. The molecular formula is C14H24. The highest BCUT2D eigenvalue weighted by atomic mass is 14.4. The van der Waals surface area contributed by atoms with Crippen LogP contribution >= 0.6 is 0 Å². The molecule has 1 rings (SSSR count). The average Bonchev–Trinajstić information content (AvgIpc) is 2.10. The van der Waals surface area contributed by atoms with E-state index in [0.29, 0.717) is 5.92 Å². The van der Waals surface area contributed by atoms with Crippen LogP contribution in [0.1, 0.15) is 40.5 Å². The van der Waals surface area contributed by atoms with Crippen LogP contribution in [0.4, 0.5) is 0 Å². The van der Waals surface area contributed by atoms with Gasteiger partial charge in [0.1, 0.15) is 0 Å². The molecule has 0 amide bonds. The van der Waals surface area contributed by atoms with E-state index < -0.39 is 0 Å². The topological polar surface area (TPSA) is 0 Å². The molecule has 80 valence electrons. The van der Waals surface area contributed by atoms with Gasteiger partial charge in [-0.25, -0.2) is 0 Å². The zero-order chi connectivity index (χ0) is 10.7. The minimum Gasteiger partial charge on any atom is -0.133 e. The van der Waals surface area contributed by atoms with Crippen LogP contribution in [-0.2, 0) is 0 Å². The molecule has 0 spiro atoms. The molecular weight excluding hydrogens is 168 g/mol. The highest BCUT2D eigenvalue weighted by Crippen LogP contribution is 2.41. The summed E-state index contributed by atoms with van der Waals surface area (Å²) < 4.78 is 0. The summed E-state index contributed by atoms with van der Waals surface area (Å²) in [6.07, 6.45) is 4.95. The summed E-state index contributed by atoms with van der Waals surface area (Å²) in [5, 5.41) is 0. The van der Waals surface area contributed by atoms with Crippen LogP contribution in [0.2, 0.25) is 0 Å². The minimum atomic E-state index is 0.711. The Morgan fingerprint density at radius 1 is 1.21 bits per heavy atom. The summed E-state index contributed by atoms with van der Waals surface area (Å²) in [5.41, 5.74) is 2.97. The summed E-state index contributed by atoms with van der Waals surface area (Å²) in [6, 6.07) is 0. The van der Waals surface area contributed by atoms with Crippen molar-refractivity contribution < 1.29 is 0 Å². The molecule has 0 aromatic carbocycles. The smallest absolute Gasteiger partial charge is 0.0106 e. The highest BCUT2D eigenvalue weighted by Gasteiger charge is 2.32. The van der Waals surface area contributed by atoms with Gasteiger partial charge in [0.25, 0.3) is 0 Å². The molecule has 2 atom stereocenters. The number of allylic oxidation sites excluding steroid dienone is 1. The summed E-state index contributed by atoms with van der Waals surface area (Å²) >= 11 is 0. The van der Waals surface area contributed by atoms with Gasteiger partial charge in [-0.2, -0.15) is 0 Å².